The van der Waals surface area contributed by atoms with Crippen LogP contribution in [-0.2, 0) is 4.79 Å². The van der Waals surface area contributed by atoms with E-state index in [9.17, 15) is 4.79 Å². The van der Waals surface area contributed by atoms with Gasteiger partial charge < -0.3 is 4.90 Å². The number of rotatable bonds is 3. The van der Waals surface area contributed by atoms with E-state index < -0.39 is 0 Å². The highest BCUT2D eigenvalue weighted by Crippen LogP contribution is 2.29. The van der Waals surface area contributed by atoms with Crippen molar-refractivity contribution in [2.45, 2.75) is 51.4 Å². The van der Waals surface area contributed by atoms with Gasteiger partial charge in [-0.3, -0.25) is 4.79 Å². The van der Waals surface area contributed by atoms with E-state index in [4.69, 9.17) is 5.26 Å². The summed E-state index contributed by atoms with van der Waals surface area (Å²) in [5.74, 6) is 1.29. The molecule has 0 bridgehead atoms. The Bertz CT molecular complexity index is 294. The van der Waals surface area contributed by atoms with Crippen molar-refractivity contribution in [3.05, 3.63) is 0 Å². The SMILES string of the molecule is N#CC1CCN(C(=O)CCC2CCCC2)CC1. The second-order valence-electron chi connectivity index (χ2n) is 5.47. The number of likely N-dealkylation sites (tertiary alicyclic amines) is 1. The number of carbonyl (C=O) groups excluding carboxylic acids is 1. The summed E-state index contributed by atoms with van der Waals surface area (Å²) in [6.07, 6.45) is 8.89. The van der Waals surface area contributed by atoms with Crippen molar-refractivity contribution in [3.8, 4) is 6.07 Å². The summed E-state index contributed by atoms with van der Waals surface area (Å²) in [5, 5.41) is 8.81. The Hall–Kier alpha value is -1.04. The molecular formula is C14H22N2O. The Labute approximate surface area is 104 Å². The highest BCUT2D eigenvalue weighted by molar-refractivity contribution is 5.76. The number of nitriles is 1. The molecule has 2 rings (SSSR count). The molecule has 0 aromatic heterocycles. The van der Waals surface area contributed by atoms with Gasteiger partial charge in [-0.05, 0) is 25.2 Å². The molecule has 17 heavy (non-hydrogen) atoms. The van der Waals surface area contributed by atoms with Gasteiger partial charge in [0.15, 0.2) is 0 Å². The molecule has 3 nitrogen and oxygen atoms in total. The summed E-state index contributed by atoms with van der Waals surface area (Å²) in [4.78, 5) is 14.0. The van der Waals surface area contributed by atoms with Crippen LogP contribution >= 0.6 is 0 Å². The summed E-state index contributed by atoms with van der Waals surface area (Å²) in [6, 6.07) is 2.30. The quantitative estimate of drug-likeness (QED) is 0.753. The van der Waals surface area contributed by atoms with Crippen molar-refractivity contribution < 1.29 is 4.79 Å². The average molecular weight is 234 g/mol. The lowest BCUT2D eigenvalue weighted by molar-refractivity contribution is -0.132. The third kappa shape index (κ3) is 3.46. The van der Waals surface area contributed by atoms with Crippen LogP contribution in [0.5, 0.6) is 0 Å². The first-order valence-electron chi connectivity index (χ1n) is 6.97. The van der Waals surface area contributed by atoms with E-state index in [0.717, 1.165) is 44.7 Å². The van der Waals surface area contributed by atoms with Crippen molar-refractivity contribution in [1.29, 1.82) is 5.26 Å². The lowest BCUT2D eigenvalue weighted by Crippen LogP contribution is -2.38. The summed E-state index contributed by atoms with van der Waals surface area (Å²) < 4.78 is 0. The van der Waals surface area contributed by atoms with E-state index in [0.29, 0.717) is 5.91 Å². The summed E-state index contributed by atoms with van der Waals surface area (Å²) in [5.41, 5.74) is 0. The van der Waals surface area contributed by atoms with Crippen molar-refractivity contribution in [2.75, 3.05) is 13.1 Å². The average Bonchev–Trinajstić information content (AvgIpc) is 2.89. The van der Waals surface area contributed by atoms with Crippen LogP contribution in [0.3, 0.4) is 0 Å². The van der Waals surface area contributed by atoms with E-state index in [1.54, 1.807) is 0 Å². The van der Waals surface area contributed by atoms with Crippen LogP contribution in [0.1, 0.15) is 51.4 Å². The zero-order valence-corrected chi connectivity index (χ0v) is 10.5. The molecule has 0 unspecified atom stereocenters. The smallest absolute Gasteiger partial charge is 0.222 e. The maximum absolute atomic E-state index is 12.0. The van der Waals surface area contributed by atoms with E-state index in [2.05, 4.69) is 6.07 Å². The summed E-state index contributed by atoms with van der Waals surface area (Å²) in [7, 11) is 0. The molecule has 1 saturated carbocycles. The molecule has 2 fully saturated rings. The minimum absolute atomic E-state index is 0.175. The normalized spacial score (nSPS) is 22.6. The van der Waals surface area contributed by atoms with Gasteiger partial charge >= 0.3 is 0 Å². The molecule has 0 spiro atoms. The van der Waals surface area contributed by atoms with Crippen LogP contribution in [0.2, 0.25) is 0 Å². The topological polar surface area (TPSA) is 44.1 Å². The number of carbonyl (C=O) groups is 1. The third-order valence-electron chi connectivity index (χ3n) is 4.27. The molecule has 1 aliphatic carbocycles. The first kappa shape index (κ1) is 12.4. The Kier molecular flexibility index (Phi) is 4.42. The zero-order chi connectivity index (χ0) is 12.1. The maximum atomic E-state index is 12.0. The highest BCUT2D eigenvalue weighted by atomic mass is 16.2. The Morgan fingerprint density at radius 1 is 1.18 bits per heavy atom. The fourth-order valence-corrected chi connectivity index (χ4v) is 3.04. The Morgan fingerprint density at radius 3 is 2.41 bits per heavy atom. The van der Waals surface area contributed by atoms with Gasteiger partial charge in [-0.15, -0.1) is 0 Å². The van der Waals surface area contributed by atoms with E-state index in [1.807, 2.05) is 4.90 Å². The Morgan fingerprint density at radius 2 is 1.82 bits per heavy atom. The molecule has 0 atom stereocenters. The van der Waals surface area contributed by atoms with Crippen LogP contribution in [0.15, 0.2) is 0 Å². The second kappa shape index (κ2) is 6.05. The summed E-state index contributed by atoms with van der Waals surface area (Å²) in [6.45, 7) is 1.59. The molecule has 1 saturated heterocycles. The van der Waals surface area contributed by atoms with Crippen molar-refractivity contribution in [3.63, 3.8) is 0 Å². The molecular weight excluding hydrogens is 212 g/mol. The lowest BCUT2D eigenvalue weighted by atomic mass is 9.97. The van der Waals surface area contributed by atoms with Crippen LogP contribution in [-0.4, -0.2) is 23.9 Å². The van der Waals surface area contributed by atoms with Gasteiger partial charge in [-0.2, -0.15) is 5.26 Å². The van der Waals surface area contributed by atoms with Gasteiger partial charge in [0, 0.05) is 25.4 Å². The van der Waals surface area contributed by atoms with Gasteiger partial charge in [0.2, 0.25) is 5.91 Å². The van der Waals surface area contributed by atoms with Gasteiger partial charge in [0.25, 0.3) is 0 Å². The largest absolute Gasteiger partial charge is 0.343 e. The van der Waals surface area contributed by atoms with Gasteiger partial charge in [0.1, 0.15) is 0 Å². The predicted molar refractivity (Wildman–Crippen MR) is 66.1 cm³/mol. The predicted octanol–water partition coefficient (Wildman–Crippen LogP) is 2.72. The van der Waals surface area contributed by atoms with Crippen molar-refractivity contribution >= 4 is 5.91 Å². The van der Waals surface area contributed by atoms with Crippen LogP contribution < -0.4 is 0 Å². The summed E-state index contributed by atoms with van der Waals surface area (Å²) >= 11 is 0. The molecule has 1 heterocycles. The number of hydrogen-bond donors (Lipinski definition) is 0. The number of amides is 1. The van der Waals surface area contributed by atoms with Crippen molar-refractivity contribution in [2.24, 2.45) is 11.8 Å². The highest BCUT2D eigenvalue weighted by Gasteiger charge is 2.23. The molecule has 0 radical (unpaired) electrons. The van der Waals surface area contributed by atoms with Crippen molar-refractivity contribution in [1.82, 2.24) is 4.90 Å². The first-order chi connectivity index (χ1) is 8.29. The standard InChI is InChI=1S/C14H22N2O/c15-11-13-7-9-16(10-8-13)14(17)6-5-12-3-1-2-4-12/h12-13H,1-10H2. The van der Waals surface area contributed by atoms with Crippen LogP contribution in [0.25, 0.3) is 0 Å². The number of hydrogen-bond acceptors (Lipinski definition) is 2. The minimum Gasteiger partial charge on any atom is -0.343 e. The van der Waals surface area contributed by atoms with Crippen LogP contribution in [0.4, 0.5) is 0 Å². The third-order valence-corrected chi connectivity index (χ3v) is 4.27. The fraction of sp³-hybridized carbons (Fsp3) is 0.857. The van der Waals surface area contributed by atoms with Crippen LogP contribution in [0, 0.1) is 23.2 Å². The minimum atomic E-state index is 0.175. The fourth-order valence-electron chi connectivity index (χ4n) is 3.04. The first-order valence-corrected chi connectivity index (χ1v) is 6.97. The zero-order valence-electron chi connectivity index (χ0n) is 10.5. The van der Waals surface area contributed by atoms with E-state index in [-0.39, 0.29) is 5.92 Å². The molecule has 3 heteroatoms. The maximum Gasteiger partial charge on any atom is 0.222 e. The molecule has 0 N–H and O–H groups in total. The second-order valence-corrected chi connectivity index (χ2v) is 5.47. The monoisotopic (exact) mass is 234 g/mol. The lowest BCUT2D eigenvalue weighted by Gasteiger charge is -2.29. The van der Waals surface area contributed by atoms with E-state index in [1.165, 1.54) is 25.7 Å². The number of nitrogens with zero attached hydrogens (tertiary/aromatic N) is 2. The van der Waals surface area contributed by atoms with E-state index >= 15 is 0 Å². The molecule has 0 aromatic rings. The molecule has 94 valence electrons. The Balaban J connectivity index is 1.68. The molecule has 1 amide bonds. The van der Waals surface area contributed by atoms with Gasteiger partial charge in [0.05, 0.1) is 6.07 Å². The molecule has 0 aromatic carbocycles. The number of piperidine rings is 1. The van der Waals surface area contributed by atoms with Gasteiger partial charge in [-0.25, -0.2) is 0 Å². The molecule has 2 aliphatic rings. The molecule has 1 aliphatic heterocycles. The van der Waals surface area contributed by atoms with Gasteiger partial charge in [-0.1, -0.05) is 25.7 Å².